The zero-order valence-electron chi connectivity index (χ0n) is 13.0. The fourth-order valence-corrected chi connectivity index (χ4v) is 2.09. The molecule has 0 aromatic rings. The van der Waals surface area contributed by atoms with Crippen molar-refractivity contribution in [3.63, 3.8) is 0 Å². The van der Waals surface area contributed by atoms with Crippen LogP contribution in [0.15, 0.2) is 36.6 Å². The van der Waals surface area contributed by atoms with E-state index in [-0.39, 0.29) is 0 Å². The topological polar surface area (TPSA) is 6.48 Å². The van der Waals surface area contributed by atoms with Crippen LogP contribution in [0.5, 0.6) is 0 Å². The average Bonchev–Trinajstić information content (AvgIpc) is 2.21. The van der Waals surface area contributed by atoms with Crippen LogP contribution >= 0.6 is 12.2 Å². The third-order valence-electron chi connectivity index (χ3n) is 2.63. The predicted octanol–water partition coefficient (Wildman–Crippen LogP) is 3.67. The van der Waals surface area contributed by atoms with Gasteiger partial charge in [0.25, 0.3) is 0 Å². The molecule has 0 unspecified atom stereocenters. The van der Waals surface area contributed by atoms with Crippen molar-refractivity contribution in [1.29, 1.82) is 0 Å². The summed E-state index contributed by atoms with van der Waals surface area (Å²) in [7, 11) is 0. The van der Waals surface area contributed by atoms with Gasteiger partial charge in [-0.15, -0.1) is 0 Å². The van der Waals surface area contributed by atoms with Crippen molar-refractivity contribution in [2.45, 2.75) is 27.7 Å². The van der Waals surface area contributed by atoms with Crippen LogP contribution in [0.1, 0.15) is 27.7 Å². The van der Waals surface area contributed by atoms with E-state index in [0.717, 1.165) is 54.4 Å². The molecule has 2 nitrogen and oxygen atoms in total. The zero-order chi connectivity index (χ0) is 15.0. The quantitative estimate of drug-likeness (QED) is 0.445. The molecular weight excluding hydrogens is 252 g/mol. The van der Waals surface area contributed by atoms with Crippen LogP contribution in [-0.2, 0) is 0 Å². The minimum Gasteiger partial charge on any atom is -0.370 e. The molecule has 0 heterocycles. The molecule has 0 radical (unpaired) electrons. The summed E-state index contributed by atoms with van der Waals surface area (Å²) >= 11 is 5.21. The normalized spacial score (nSPS) is 10.4. The highest BCUT2D eigenvalue weighted by Gasteiger charge is 2.10. The minimum absolute atomic E-state index is 0.847. The summed E-state index contributed by atoms with van der Waals surface area (Å²) in [5.41, 5.74) is 3.40. The molecule has 19 heavy (non-hydrogen) atoms. The van der Waals surface area contributed by atoms with E-state index >= 15 is 0 Å². The molecule has 0 N–H and O–H groups in total. The van der Waals surface area contributed by atoms with Gasteiger partial charge in [0.15, 0.2) is 0 Å². The number of allylic oxidation sites excluding steroid dienone is 1. The summed E-state index contributed by atoms with van der Waals surface area (Å²) in [5, 5.41) is 0. The Morgan fingerprint density at radius 1 is 0.842 bits per heavy atom. The van der Waals surface area contributed by atoms with Crippen LogP contribution in [0, 0.1) is 0 Å². The largest absolute Gasteiger partial charge is 0.370 e. The summed E-state index contributed by atoms with van der Waals surface area (Å²) in [4.78, 5) is 5.61. The van der Waals surface area contributed by atoms with Crippen LogP contribution in [0.25, 0.3) is 0 Å². The fraction of sp³-hybridized carbons (Fsp3) is 0.562. The summed E-state index contributed by atoms with van der Waals surface area (Å²) in [6.07, 6.45) is 0. The predicted molar refractivity (Wildman–Crippen MR) is 90.7 cm³/mol. The molecule has 0 saturated carbocycles. The third kappa shape index (κ3) is 9.62. The standard InChI is InChI=1S/C16H28N2S/c1-13(2)10-17(12-16(7)19)8-9-18(15(5)6)11-14(3)4/h1,3,5,8-12H2,2,4,6-7H3. The lowest BCUT2D eigenvalue weighted by Crippen LogP contribution is -2.37. The molecule has 0 amide bonds. The molecule has 0 rings (SSSR count). The Morgan fingerprint density at radius 2 is 1.37 bits per heavy atom. The van der Waals surface area contributed by atoms with Crippen molar-refractivity contribution in [2.24, 2.45) is 0 Å². The Balaban J connectivity index is 4.47. The van der Waals surface area contributed by atoms with Crippen LogP contribution in [0.4, 0.5) is 0 Å². The van der Waals surface area contributed by atoms with E-state index in [0.29, 0.717) is 0 Å². The van der Waals surface area contributed by atoms with Crippen molar-refractivity contribution in [3.05, 3.63) is 36.6 Å². The molecule has 0 atom stereocenters. The molecule has 0 aromatic heterocycles. The Bertz CT molecular complexity index is 342. The second-order valence-electron chi connectivity index (χ2n) is 5.48. The van der Waals surface area contributed by atoms with Gasteiger partial charge in [0, 0.05) is 43.3 Å². The highest BCUT2D eigenvalue weighted by Crippen LogP contribution is 2.06. The first-order valence-electron chi connectivity index (χ1n) is 6.63. The molecule has 0 spiro atoms. The molecule has 0 saturated heterocycles. The van der Waals surface area contributed by atoms with Gasteiger partial charge in [0.05, 0.1) is 0 Å². The number of thiocarbonyl (C=S) groups is 1. The minimum atomic E-state index is 0.847. The SMILES string of the molecule is C=C(C)CN(CCN(CC(=C)C)C(=C)C)CC(C)=S. The van der Waals surface area contributed by atoms with E-state index < -0.39 is 0 Å². The first-order chi connectivity index (χ1) is 8.72. The molecule has 0 bridgehead atoms. The van der Waals surface area contributed by atoms with E-state index in [1.165, 1.54) is 0 Å². The zero-order valence-corrected chi connectivity index (χ0v) is 13.8. The maximum atomic E-state index is 5.21. The first-order valence-corrected chi connectivity index (χ1v) is 7.04. The lowest BCUT2D eigenvalue weighted by atomic mass is 10.2. The number of rotatable bonds is 10. The van der Waals surface area contributed by atoms with Crippen molar-refractivity contribution in [3.8, 4) is 0 Å². The molecule has 0 aliphatic rings. The summed E-state index contributed by atoms with van der Waals surface area (Å²) in [6, 6.07) is 0. The molecular formula is C16H28N2S. The molecule has 108 valence electrons. The van der Waals surface area contributed by atoms with Gasteiger partial charge in [-0.1, -0.05) is 43.1 Å². The summed E-state index contributed by atoms with van der Waals surface area (Å²) in [5.74, 6) is 0. The van der Waals surface area contributed by atoms with Crippen LogP contribution in [0.2, 0.25) is 0 Å². The van der Waals surface area contributed by atoms with E-state index in [2.05, 4.69) is 36.5 Å². The first kappa shape index (κ1) is 18.1. The number of hydrogen-bond donors (Lipinski definition) is 0. The van der Waals surface area contributed by atoms with Crippen molar-refractivity contribution in [2.75, 3.05) is 32.7 Å². The monoisotopic (exact) mass is 280 g/mol. The van der Waals surface area contributed by atoms with Gasteiger partial charge in [-0.05, 0) is 27.7 Å². The van der Waals surface area contributed by atoms with Gasteiger partial charge in [-0.3, -0.25) is 4.90 Å². The van der Waals surface area contributed by atoms with Gasteiger partial charge in [-0.2, -0.15) is 0 Å². The highest BCUT2D eigenvalue weighted by molar-refractivity contribution is 7.80. The lowest BCUT2D eigenvalue weighted by molar-refractivity contribution is 0.274. The lowest BCUT2D eigenvalue weighted by Gasteiger charge is -2.29. The molecule has 0 aliphatic carbocycles. The Labute approximate surface area is 124 Å². The van der Waals surface area contributed by atoms with E-state index in [1.807, 2.05) is 20.8 Å². The maximum Gasteiger partial charge on any atom is 0.0380 e. The second kappa shape index (κ2) is 9.05. The van der Waals surface area contributed by atoms with E-state index in [9.17, 15) is 0 Å². The van der Waals surface area contributed by atoms with Crippen LogP contribution < -0.4 is 0 Å². The Hall–Kier alpha value is -0.930. The smallest absolute Gasteiger partial charge is 0.0380 e. The maximum absolute atomic E-state index is 5.21. The Morgan fingerprint density at radius 3 is 1.74 bits per heavy atom. The molecule has 0 aliphatic heterocycles. The van der Waals surface area contributed by atoms with Gasteiger partial charge in [0.2, 0.25) is 0 Å². The van der Waals surface area contributed by atoms with Gasteiger partial charge in [0.1, 0.15) is 0 Å². The van der Waals surface area contributed by atoms with E-state index in [4.69, 9.17) is 12.2 Å². The fourth-order valence-electron chi connectivity index (χ4n) is 1.90. The average molecular weight is 280 g/mol. The van der Waals surface area contributed by atoms with Crippen LogP contribution in [0.3, 0.4) is 0 Å². The van der Waals surface area contributed by atoms with Crippen molar-refractivity contribution < 1.29 is 0 Å². The molecule has 3 heteroatoms. The summed E-state index contributed by atoms with van der Waals surface area (Å²) in [6.45, 7) is 24.6. The Kier molecular flexibility index (Phi) is 8.61. The van der Waals surface area contributed by atoms with Gasteiger partial charge >= 0.3 is 0 Å². The van der Waals surface area contributed by atoms with Gasteiger partial charge < -0.3 is 4.90 Å². The molecule has 0 aromatic carbocycles. The van der Waals surface area contributed by atoms with Crippen molar-refractivity contribution in [1.82, 2.24) is 9.80 Å². The van der Waals surface area contributed by atoms with Crippen LogP contribution in [-0.4, -0.2) is 47.4 Å². The second-order valence-corrected chi connectivity index (χ2v) is 6.18. The molecule has 0 fully saturated rings. The third-order valence-corrected chi connectivity index (χ3v) is 2.76. The summed E-state index contributed by atoms with van der Waals surface area (Å²) < 4.78 is 0. The van der Waals surface area contributed by atoms with Crippen molar-refractivity contribution >= 4 is 17.1 Å². The van der Waals surface area contributed by atoms with E-state index in [1.54, 1.807) is 0 Å². The van der Waals surface area contributed by atoms with Gasteiger partial charge in [-0.25, -0.2) is 0 Å². The highest BCUT2D eigenvalue weighted by atomic mass is 32.1. The number of hydrogen-bond acceptors (Lipinski definition) is 3. The number of nitrogens with zero attached hydrogens (tertiary/aromatic N) is 2.